The molecule has 3 atom stereocenters. The topological polar surface area (TPSA) is 52.6 Å². The van der Waals surface area contributed by atoms with E-state index in [-0.39, 0.29) is 6.10 Å². The van der Waals surface area contributed by atoms with Crippen molar-refractivity contribution in [1.82, 2.24) is 0 Å². The summed E-state index contributed by atoms with van der Waals surface area (Å²) in [7, 11) is 0. The fourth-order valence-corrected chi connectivity index (χ4v) is 2.71. The highest BCUT2D eigenvalue weighted by Gasteiger charge is 2.64. The smallest absolute Gasteiger partial charge is 0.333 e. The molecule has 0 aromatic heterocycles. The van der Waals surface area contributed by atoms with Crippen molar-refractivity contribution in [3.63, 3.8) is 0 Å². The summed E-state index contributed by atoms with van der Waals surface area (Å²) in [5.74, 6) is -0.514. The van der Waals surface area contributed by atoms with Crippen LogP contribution in [0.15, 0.2) is 24.3 Å². The van der Waals surface area contributed by atoms with Gasteiger partial charge < -0.3 is 9.47 Å². The lowest BCUT2D eigenvalue weighted by molar-refractivity contribution is -0.205. The van der Waals surface area contributed by atoms with E-state index in [0.29, 0.717) is 17.1 Å². The molecule has 0 amide bonds. The van der Waals surface area contributed by atoms with E-state index >= 15 is 0 Å². The summed E-state index contributed by atoms with van der Waals surface area (Å²) in [4.78, 5) is 23.2. The maximum Gasteiger partial charge on any atom is 0.333 e. The second-order valence-corrected chi connectivity index (χ2v) is 5.34. The number of carbonyl (C=O) groups is 2. The average Bonchev–Trinajstić information content (AvgIpc) is 2.83. The third-order valence-electron chi connectivity index (χ3n) is 3.72. The molecule has 98 valence electrons. The minimum Gasteiger partial charge on any atom is -0.454 e. The zero-order chi connectivity index (χ0) is 13.5. The highest BCUT2D eigenvalue weighted by molar-refractivity contribution is 5.88. The molecule has 0 heterocycles. The summed E-state index contributed by atoms with van der Waals surface area (Å²) < 4.78 is 10.8. The van der Waals surface area contributed by atoms with Gasteiger partial charge in [0.25, 0.3) is 0 Å². The Kier molecular flexibility index (Phi) is 3.05. The Labute approximate surface area is 107 Å². The Morgan fingerprint density at radius 2 is 1.78 bits per heavy atom. The predicted molar refractivity (Wildman–Crippen MR) is 65.7 cm³/mol. The van der Waals surface area contributed by atoms with Crippen molar-refractivity contribution >= 4 is 11.9 Å². The molecule has 0 saturated heterocycles. The molecule has 18 heavy (non-hydrogen) atoms. The second-order valence-electron chi connectivity index (χ2n) is 5.34. The highest BCUT2D eigenvalue weighted by atomic mass is 16.6. The van der Waals surface area contributed by atoms with Crippen molar-refractivity contribution < 1.29 is 19.1 Å². The molecular weight excluding hydrogens is 232 g/mol. The molecule has 0 radical (unpaired) electrons. The monoisotopic (exact) mass is 250 g/mol. The molecule has 4 heteroatoms. The molecule has 0 aromatic carbocycles. The molecular formula is C14H18O4. The van der Waals surface area contributed by atoms with Crippen LogP contribution >= 0.6 is 0 Å². The van der Waals surface area contributed by atoms with E-state index in [4.69, 9.17) is 9.47 Å². The molecule has 3 unspecified atom stereocenters. The van der Waals surface area contributed by atoms with E-state index < -0.39 is 17.5 Å². The molecule has 2 bridgehead atoms. The molecule has 0 aliphatic heterocycles. The Balaban J connectivity index is 2.04. The van der Waals surface area contributed by atoms with E-state index in [1.54, 1.807) is 13.8 Å². The highest BCUT2D eigenvalue weighted by Crippen LogP contribution is 2.56. The molecule has 0 N–H and O–H groups in total. The van der Waals surface area contributed by atoms with E-state index in [0.717, 1.165) is 19.3 Å². The Morgan fingerprint density at radius 3 is 2.28 bits per heavy atom. The third-order valence-corrected chi connectivity index (χ3v) is 3.72. The van der Waals surface area contributed by atoms with Gasteiger partial charge in [0, 0.05) is 17.1 Å². The van der Waals surface area contributed by atoms with Gasteiger partial charge in [-0.15, -0.1) is 0 Å². The molecule has 3 aliphatic carbocycles. The van der Waals surface area contributed by atoms with Crippen LogP contribution in [0.2, 0.25) is 0 Å². The summed E-state index contributed by atoms with van der Waals surface area (Å²) in [6.45, 7) is 10.3. The molecule has 4 nitrogen and oxygen atoms in total. The normalized spacial score (nSPS) is 32.3. The van der Waals surface area contributed by atoms with Crippen LogP contribution in [0.3, 0.4) is 0 Å². The first-order chi connectivity index (χ1) is 8.35. The van der Waals surface area contributed by atoms with Gasteiger partial charge in [-0.05, 0) is 33.1 Å². The summed E-state index contributed by atoms with van der Waals surface area (Å²) >= 11 is 0. The van der Waals surface area contributed by atoms with E-state index in [2.05, 4.69) is 13.2 Å². The van der Waals surface area contributed by atoms with Crippen LogP contribution < -0.4 is 0 Å². The number of ether oxygens (including phenoxy) is 2. The van der Waals surface area contributed by atoms with Crippen LogP contribution in [0.1, 0.15) is 33.1 Å². The summed E-state index contributed by atoms with van der Waals surface area (Å²) in [5, 5.41) is 0. The van der Waals surface area contributed by atoms with Crippen LogP contribution in [0.5, 0.6) is 0 Å². The van der Waals surface area contributed by atoms with Gasteiger partial charge >= 0.3 is 11.9 Å². The maximum absolute atomic E-state index is 11.6. The minimum absolute atomic E-state index is 0.311. The van der Waals surface area contributed by atoms with Gasteiger partial charge in [-0.1, -0.05) is 13.2 Å². The maximum atomic E-state index is 11.6. The van der Waals surface area contributed by atoms with Gasteiger partial charge in [0.05, 0.1) is 0 Å². The van der Waals surface area contributed by atoms with Gasteiger partial charge in [0.1, 0.15) is 11.7 Å². The van der Waals surface area contributed by atoms with Gasteiger partial charge in [0.15, 0.2) is 0 Å². The number of fused-ring (bicyclic) bond motifs is 1. The van der Waals surface area contributed by atoms with Crippen molar-refractivity contribution in [2.75, 3.05) is 0 Å². The fourth-order valence-electron chi connectivity index (χ4n) is 2.71. The Hall–Kier alpha value is -1.58. The molecule has 0 aromatic rings. The van der Waals surface area contributed by atoms with E-state index in [1.165, 1.54) is 0 Å². The van der Waals surface area contributed by atoms with Gasteiger partial charge in [-0.2, -0.15) is 0 Å². The number of carbonyl (C=O) groups excluding carboxylic acids is 2. The number of hydrogen-bond donors (Lipinski definition) is 0. The lowest BCUT2D eigenvalue weighted by atomic mass is 9.76. The van der Waals surface area contributed by atoms with Crippen LogP contribution in [0.25, 0.3) is 0 Å². The minimum atomic E-state index is -0.619. The average molecular weight is 250 g/mol. The first kappa shape index (κ1) is 12.9. The molecule has 3 fully saturated rings. The van der Waals surface area contributed by atoms with Crippen molar-refractivity contribution in [1.29, 1.82) is 0 Å². The van der Waals surface area contributed by atoms with Gasteiger partial charge in [-0.25, -0.2) is 9.59 Å². The number of esters is 2. The zero-order valence-corrected chi connectivity index (χ0v) is 10.8. The lowest BCUT2D eigenvalue weighted by Crippen LogP contribution is -2.56. The van der Waals surface area contributed by atoms with Crippen molar-refractivity contribution in [3.05, 3.63) is 24.3 Å². The number of hydrogen-bond acceptors (Lipinski definition) is 4. The summed E-state index contributed by atoms with van der Waals surface area (Å²) in [5.41, 5.74) is 0.110. The zero-order valence-electron chi connectivity index (χ0n) is 10.8. The van der Waals surface area contributed by atoms with Gasteiger partial charge in [-0.3, -0.25) is 0 Å². The number of rotatable bonds is 4. The van der Waals surface area contributed by atoms with Gasteiger partial charge in [0.2, 0.25) is 0 Å². The molecule has 3 aliphatic rings. The van der Waals surface area contributed by atoms with Crippen LogP contribution in [-0.2, 0) is 19.1 Å². The summed E-state index contributed by atoms with van der Waals surface area (Å²) in [6.07, 6.45) is 2.15. The first-order valence-electron chi connectivity index (χ1n) is 6.11. The van der Waals surface area contributed by atoms with Crippen LogP contribution in [-0.4, -0.2) is 23.6 Å². The fraction of sp³-hybridized carbons (Fsp3) is 0.571. The van der Waals surface area contributed by atoms with E-state index in [1.807, 2.05) is 0 Å². The quantitative estimate of drug-likeness (QED) is 0.566. The molecule has 0 spiro atoms. The van der Waals surface area contributed by atoms with Crippen LogP contribution in [0.4, 0.5) is 0 Å². The lowest BCUT2D eigenvalue weighted by Gasteiger charge is -2.45. The van der Waals surface area contributed by atoms with E-state index in [9.17, 15) is 9.59 Å². The Bertz CT molecular complexity index is 433. The molecule has 3 rings (SSSR count). The SMILES string of the molecule is C=C(C)C(=O)OC1C2CCC1(OC(=O)C(=C)C)C2. The standard InChI is InChI=1S/C14H18O4/c1-8(2)12(15)17-11-10-5-6-14(11,7-10)18-13(16)9(3)4/h10-11H,1,3,5-7H2,2,4H3. The van der Waals surface area contributed by atoms with Crippen LogP contribution in [0, 0.1) is 5.92 Å². The largest absolute Gasteiger partial charge is 0.454 e. The molecule has 3 saturated carbocycles. The predicted octanol–water partition coefficient (Wildman–Crippen LogP) is 2.15. The first-order valence-corrected chi connectivity index (χ1v) is 6.11. The van der Waals surface area contributed by atoms with Crippen molar-refractivity contribution in [2.24, 2.45) is 5.92 Å². The second kappa shape index (κ2) is 4.26. The Morgan fingerprint density at radius 1 is 1.17 bits per heavy atom. The van der Waals surface area contributed by atoms with Crippen molar-refractivity contribution in [3.8, 4) is 0 Å². The summed E-state index contributed by atoms with van der Waals surface area (Å²) in [6, 6.07) is 0. The third kappa shape index (κ3) is 1.96. The van der Waals surface area contributed by atoms with Crippen molar-refractivity contribution in [2.45, 2.75) is 44.8 Å².